The van der Waals surface area contributed by atoms with Gasteiger partial charge < -0.3 is 19.7 Å². The second-order valence-corrected chi connectivity index (χ2v) is 7.19. The van der Waals surface area contributed by atoms with E-state index in [1.807, 2.05) is 4.98 Å². The van der Waals surface area contributed by atoms with Crippen LogP contribution in [0, 0.1) is 5.92 Å². The lowest BCUT2D eigenvalue weighted by Crippen LogP contribution is -2.47. The summed E-state index contributed by atoms with van der Waals surface area (Å²) in [6.45, 7) is -2.14. The first kappa shape index (κ1) is 22.2. The number of nitrogens with one attached hydrogen (secondary N) is 2. The molecule has 0 radical (unpaired) electrons. The summed E-state index contributed by atoms with van der Waals surface area (Å²) < 4.78 is 74.3. The van der Waals surface area contributed by atoms with Crippen molar-refractivity contribution in [3.05, 3.63) is 45.5 Å². The molecule has 16 heteroatoms. The van der Waals surface area contributed by atoms with Gasteiger partial charge in [-0.3, -0.25) is 9.78 Å². The van der Waals surface area contributed by atoms with Gasteiger partial charge in [0.1, 0.15) is 5.69 Å². The Kier molecular flexibility index (Phi) is 5.09. The van der Waals surface area contributed by atoms with Crippen molar-refractivity contribution in [2.45, 2.75) is 18.2 Å². The summed E-state index contributed by atoms with van der Waals surface area (Å²) in [6.07, 6.45) is -7.38. The van der Waals surface area contributed by atoms with Crippen LogP contribution in [0.5, 0.6) is 0 Å². The van der Waals surface area contributed by atoms with Gasteiger partial charge in [-0.1, -0.05) is 0 Å². The van der Waals surface area contributed by atoms with Crippen LogP contribution in [0.2, 0.25) is 0 Å². The number of rotatable bonds is 4. The van der Waals surface area contributed by atoms with Gasteiger partial charge in [0.25, 0.3) is 11.5 Å². The van der Waals surface area contributed by atoms with Gasteiger partial charge in [0, 0.05) is 25.1 Å². The van der Waals surface area contributed by atoms with Crippen LogP contribution in [0.4, 0.5) is 32.4 Å². The van der Waals surface area contributed by atoms with Gasteiger partial charge in [-0.2, -0.15) is 18.3 Å². The second kappa shape index (κ2) is 7.56. The van der Waals surface area contributed by atoms with E-state index in [2.05, 4.69) is 19.8 Å². The number of anilines is 1. The van der Waals surface area contributed by atoms with Gasteiger partial charge in [-0.15, -0.1) is 0 Å². The number of carbonyl (C=O) groups is 1. The summed E-state index contributed by atoms with van der Waals surface area (Å²) in [6, 6.07) is 1.16. The highest BCUT2D eigenvalue weighted by atomic mass is 19.4. The Morgan fingerprint density at radius 3 is 2.70 bits per heavy atom. The van der Waals surface area contributed by atoms with Crippen molar-refractivity contribution in [2.24, 2.45) is 5.92 Å². The average molecular weight is 476 g/mol. The van der Waals surface area contributed by atoms with Crippen molar-refractivity contribution >= 4 is 17.5 Å². The smallest absolute Gasteiger partial charge is 0.450 e. The normalized spacial score (nSPS) is 19.1. The van der Waals surface area contributed by atoms with E-state index in [0.29, 0.717) is 0 Å². The van der Waals surface area contributed by atoms with Crippen molar-refractivity contribution in [3.8, 4) is 11.3 Å². The fourth-order valence-electron chi connectivity index (χ4n) is 3.66. The minimum Gasteiger partial charge on any atom is -0.450 e. The summed E-state index contributed by atoms with van der Waals surface area (Å²) in [5.41, 5.74) is -1.96. The minimum atomic E-state index is -5.38. The maximum absolute atomic E-state index is 14.7. The van der Waals surface area contributed by atoms with Crippen LogP contribution < -0.4 is 16.1 Å². The molecule has 0 aliphatic carbocycles. The molecular weight excluding hydrogens is 463 g/mol. The monoisotopic (exact) mass is 476 g/mol. The van der Waals surface area contributed by atoms with Crippen molar-refractivity contribution in [2.75, 3.05) is 18.0 Å². The number of hydrogen-bond acceptors (Lipinski definition) is 7. The van der Waals surface area contributed by atoms with E-state index in [0.717, 1.165) is 21.7 Å². The van der Waals surface area contributed by atoms with Crippen LogP contribution in [-0.2, 0) is 4.74 Å². The van der Waals surface area contributed by atoms with Crippen LogP contribution in [0.1, 0.15) is 0 Å². The molecule has 0 amide bonds. The van der Waals surface area contributed by atoms with E-state index in [4.69, 9.17) is 5.11 Å². The molecule has 4 rings (SSSR count). The highest BCUT2D eigenvalue weighted by Crippen LogP contribution is 2.44. The van der Waals surface area contributed by atoms with Crippen LogP contribution in [0.15, 0.2) is 34.2 Å². The number of imidazole rings is 1. The quantitative estimate of drug-likeness (QED) is 0.379. The number of ether oxygens (including phenoxy) is 1. The van der Waals surface area contributed by atoms with Gasteiger partial charge in [0.15, 0.2) is 5.65 Å². The molecule has 1 aliphatic rings. The minimum absolute atomic E-state index is 0.00114. The Morgan fingerprint density at radius 2 is 2.06 bits per heavy atom. The number of H-pyrrole nitrogens is 2. The zero-order valence-electron chi connectivity index (χ0n) is 16.1. The summed E-state index contributed by atoms with van der Waals surface area (Å²) in [5, 5.41) is 12.7. The number of nitrogens with zero attached hydrogens (tertiary/aromatic N) is 4. The first-order chi connectivity index (χ1) is 15.4. The average Bonchev–Trinajstić information content (AvgIpc) is 3.28. The lowest BCUT2D eigenvalue weighted by Gasteiger charge is -2.27. The third-order valence-electron chi connectivity index (χ3n) is 5.05. The van der Waals surface area contributed by atoms with Crippen molar-refractivity contribution in [1.29, 1.82) is 0 Å². The zero-order chi connectivity index (χ0) is 24.1. The van der Waals surface area contributed by atoms with Gasteiger partial charge in [-0.05, 0) is 6.07 Å². The molecule has 11 nitrogen and oxygen atoms in total. The Morgan fingerprint density at radius 1 is 1.33 bits per heavy atom. The number of fused-ring (bicyclic) bond motifs is 1. The molecule has 0 bridgehead atoms. The molecule has 2 atom stereocenters. The van der Waals surface area contributed by atoms with E-state index in [-0.39, 0.29) is 22.6 Å². The molecule has 3 aromatic heterocycles. The number of halogens is 5. The molecule has 0 saturated carbocycles. The largest absolute Gasteiger partial charge is 0.506 e. The van der Waals surface area contributed by atoms with Crippen molar-refractivity contribution < 1.29 is 36.6 Å². The zero-order valence-corrected chi connectivity index (χ0v) is 16.1. The number of aromatic nitrogens is 5. The Balaban J connectivity index is 1.79. The third kappa shape index (κ3) is 4.10. The topological polar surface area (TPSA) is 146 Å². The first-order valence-electron chi connectivity index (χ1n) is 9.12. The summed E-state index contributed by atoms with van der Waals surface area (Å²) in [5.74, 6) is -6.53. The number of hydrogen-bond donors (Lipinski definition) is 3. The maximum Gasteiger partial charge on any atom is 0.506 e. The van der Waals surface area contributed by atoms with Crippen LogP contribution in [-0.4, -0.2) is 67.1 Å². The molecular formula is C17H13F5N6O5. The van der Waals surface area contributed by atoms with Crippen molar-refractivity contribution in [1.82, 2.24) is 24.6 Å². The number of carboxylic acid groups (broad SMARTS) is 1. The molecule has 1 unspecified atom stereocenters. The highest BCUT2D eigenvalue weighted by Gasteiger charge is 2.61. The summed E-state index contributed by atoms with van der Waals surface area (Å²) >= 11 is 0. The van der Waals surface area contributed by atoms with E-state index in [1.54, 1.807) is 0 Å². The molecule has 1 fully saturated rings. The highest BCUT2D eigenvalue weighted by molar-refractivity contribution is 5.74. The number of alkyl halides is 5. The van der Waals surface area contributed by atoms with E-state index in [1.165, 1.54) is 12.4 Å². The Hall–Kier alpha value is -3.98. The molecule has 0 spiro atoms. The molecule has 3 N–H and O–H groups in total. The molecule has 1 saturated heterocycles. The SMILES string of the molecule is O=C(O)OC([C@@H]1CN(c2cc(-c3c[nH]c(=O)[nH]c3=O)nn3ccnc23)CC1(F)F)C(F)(F)F. The van der Waals surface area contributed by atoms with Gasteiger partial charge in [0.05, 0.1) is 23.7 Å². The Labute approximate surface area is 178 Å². The maximum atomic E-state index is 14.7. The van der Waals surface area contributed by atoms with Crippen LogP contribution in [0.25, 0.3) is 16.9 Å². The predicted molar refractivity (Wildman–Crippen MR) is 99.3 cm³/mol. The van der Waals surface area contributed by atoms with E-state index >= 15 is 0 Å². The summed E-state index contributed by atoms with van der Waals surface area (Å²) in [7, 11) is 0. The van der Waals surface area contributed by atoms with Gasteiger partial charge in [-0.25, -0.2) is 27.9 Å². The fraction of sp³-hybridized carbons (Fsp3) is 0.353. The van der Waals surface area contributed by atoms with Gasteiger partial charge in [0.2, 0.25) is 6.10 Å². The number of aromatic amines is 2. The molecule has 0 aromatic carbocycles. The van der Waals surface area contributed by atoms with Crippen molar-refractivity contribution in [3.63, 3.8) is 0 Å². The lowest BCUT2D eigenvalue weighted by molar-refractivity contribution is -0.240. The lowest BCUT2D eigenvalue weighted by atomic mass is 9.97. The fourth-order valence-corrected chi connectivity index (χ4v) is 3.66. The van der Waals surface area contributed by atoms with Crippen LogP contribution >= 0.6 is 0 Å². The summed E-state index contributed by atoms with van der Waals surface area (Å²) in [4.78, 5) is 43.2. The molecule has 176 valence electrons. The first-order valence-corrected chi connectivity index (χ1v) is 9.12. The Bertz CT molecular complexity index is 1330. The van der Waals surface area contributed by atoms with E-state index < -0.39 is 54.6 Å². The standard InChI is InChI=1S/C17H13F5N6O5/c18-16(19)6-27(5-8(16)11(17(20,21)22)33-15(31)32)10-3-9(26-28-2-1-23-12(10)28)7-4-24-14(30)25-13(7)29/h1-4,8,11H,5-6H2,(H,31,32)(H2,24,25,29,30)/t8-,11?/m0/s1. The van der Waals surface area contributed by atoms with E-state index in [9.17, 15) is 36.3 Å². The molecule has 3 aromatic rings. The second-order valence-electron chi connectivity index (χ2n) is 7.19. The predicted octanol–water partition coefficient (Wildman–Crippen LogP) is 1.47. The van der Waals surface area contributed by atoms with Gasteiger partial charge >= 0.3 is 18.0 Å². The third-order valence-corrected chi connectivity index (χ3v) is 5.05. The molecule has 33 heavy (non-hydrogen) atoms. The molecule has 1 aliphatic heterocycles. The molecule has 4 heterocycles. The van der Waals surface area contributed by atoms with Crippen LogP contribution in [0.3, 0.4) is 0 Å².